The number of hydrogen-bond donors (Lipinski definition) is 0. The van der Waals surface area contributed by atoms with Crippen molar-refractivity contribution in [3.63, 3.8) is 0 Å². The average Bonchev–Trinajstić information content (AvgIpc) is 2.40. The molecule has 100 valence electrons. The molecule has 2 aromatic rings. The summed E-state index contributed by atoms with van der Waals surface area (Å²) in [6, 6.07) is 3.43. The van der Waals surface area contributed by atoms with Gasteiger partial charge in [0.2, 0.25) is 11.1 Å². The summed E-state index contributed by atoms with van der Waals surface area (Å²) in [7, 11) is 1.66. The largest absolute Gasteiger partial charge is 0.461 e. The zero-order valence-corrected chi connectivity index (χ0v) is 11.1. The second-order valence-electron chi connectivity index (χ2n) is 4.66. The molecule has 0 saturated carbocycles. The molecule has 6 nitrogen and oxygen atoms in total. The van der Waals surface area contributed by atoms with Gasteiger partial charge in [0.05, 0.1) is 12.1 Å². The van der Waals surface area contributed by atoms with Gasteiger partial charge >= 0.3 is 5.97 Å². The number of hydrogen-bond acceptors (Lipinski definition) is 5. The van der Waals surface area contributed by atoms with Crippen LogP contribution < -0.4 is 5.43 Å². The summed E-state index contributed by atoms with van der Waals surface area (Å²) in [6.07, 6.45) is 1.51. The third kappa shape index (κ3) is 2.62. The van der Waals surface area contributed by atoms with Crippen molar-refractivity contribution in [3.8, 4) is 0 Å². The zero-order chi connectivity index (χ0) is 14.0. The summed E-state index contributed by atoms with van der Waals surface area (Å²) in [5, 5.41) is 3.97. The van der Waals surface area contributed by atoms with Crippen molar-refractivity contribution in [2.45, 2.75) is 13.8 Å². The van der Waals surface area contributed by atoms with E-state index < -0.39 is 11.4 Å². The van der Waals surface area contributed by atoms with Crippen molar-refractivity contribution in [2.24, 2.45) is 13.0 Å². The van der Waals surface area contributed by atoms with Crippen molar-refractivity contribution in [1.29, 1.82) is 0 Å². The number of nitrogens with zero attached hydrogens (tertiary/aromatic N) is 3. The van der Waals surface area contributed by atoms with E-state index >= 15 is 0 Å². The predicted molar refractivity (Wildman–Crippen MR) is 69.9 cm³/mol. The van der Waals surface area contributed by atoms with Crippen LogP contribution >= 0.6 is 0 Å². The van der Waals surface area contributed by atoms with Crippen LogP contribution in [0.3, 0.4) is 0 Å². The fourth-order valence-electron chi connectivity index (χ4n) is 1.64. The standard InChI is InChI=1S/C13H15N3O3/c1-8(2)7-19-13(18)11-12(17)10-9(16(3)15-11)5-4-6-14-10/h4-6,8H,7H2,1-3H3. The Labute approximate surface area is 110 Å². The molecular weight excluding hydrogens is 246 g/mol. The number of aromatic nitrogens is 3. The van der Waals surface area contributed by atoms with E-state index in [2.05, 4.69) is 10.1 Å². The van der Waals surface area contributed by atoms with Crippen LogP contribution in [-0.2, 0) is 11.8 Å². The van der Waals surface area contributed by atoms with E-state index in [1.165, 1.54) is 10.9 Å². The van der Waals surface area contributed by atoms with E-state index in [1.54, 1.807) is 19.2 Å². The van der Waals surface area contributed by atoms with Gasteiger partial charge in [-0.2, -0.15) is 5.10 Å². The van der Waals surface area contributed by atoms with E-state index in [1.807, 2.05) is 13.8 Å². The molecule has 0 atom stereocenters. The molecule has 6 heteroatoms. The van der Waals surface area contributed by atoms with E-state index in [4.69, 9.17) is 4.74 Å². The van der Waals surface area contributed by atoms with Crippen molar-refractivity contribution in [1.82, 2.24) is 14.8 Å². The number of esters is 1. The number of ether oxygens (including phenoxy) is 1. The molecule has 0 N–H and O–H groups in total. The van der Waals surface area contributed by atoms with Crippen LogP contribution in [-0.4, -0.2) is 27.3 Å². The maximum atomic E-state index is 12.1. The molecule has 2 rings (SSSR count). The molecule has 0 aliphatic heterocycles. The van der Waals surface area contributed by atoms with Gasteiger partial charge in [-0.05, 0) is 18.1 Å². The van der Waals surface area contributed by atoms with Gasteiger partial charge in [0, 0.05) is 13.2 Å². The predicted octanol–water partition coefficient (Wildman–Crippen LogP) is 1.14. The Hall–Kier alpha value is -2.24. The first-order valence-electron chi connectivity index (χ1n) is 6.00. The third-order valence-electron chi connectivity index (χ3n) is 2.56. The molecule has 0 unspecified atom stereocenters. The number of aryl methyl sites for hydroxylation is 1. The summed E-state index contributed by atoms with van der Waals surface area (Å²) >= 11 is 0. The Kier molecular flexibility index (Phi) is 3.59. The molecule has 0 radical (unpaired) electrons. The number of carbonyl (C=O) groups is 1. The fourth-order valence-corrected chi connectivity index (χ4v) is 1.64. The quantitative estimate of drug-likeness (QED) is 0.774. The topological polar surface area (TPSA) is 74.1 Å². The summed E-state index contributed by atoms with van der Waals surface area (Å²) in [5.41, 5.74) is 0.0706. The lowest BCUT2D eigenvalue weighted by Gasteiger charge is -2.08. The number of rotatable bonds is 3. The SMILES string of the molecule is CC(C)COC(=O)c1nn(C)c2cccnc2c1=O. The minimum absolute atomic E-state index is 0.200. The fraction of sp³-hybridized carbons (Fsp3) is 0.385. The smallest absolute Gasteiger partial charge is 0.363 e. The maximum absolute atomic E-state index is 12.1. The number of carbonyl (C=O) groups excluding carboxylic acids is 1. The average molecular weight is 261 g/mol. The number of fused-ring (bicyclic) bond motifs is 1. The van der Waals surface area contributed by atoms with Crippen molar-refractivity contribution in [3.05, 3.63) is 34.2 Å². The molecule has 2 heterocycles. The highest BCUT2D eigenvalue weighted by atomic mass is 16.5. The lowest BCUT2D eigenvalue weighted by Crippen LogP contribution is -2.25. The molecule has 0 amide bonds. The van der Waals surface area contributed by atoms with Gasteiger partial charge in [0.25, 0.3) is 0 Å². The van der Waals surface area contributed by atoms with Gasteiger partial charge in [0.1, 0.15) is 5.52 Å². The molecular formula is C13H15N3O3. The van der Waals surface area contributed by atoms with Gasteiger partial charge in [-0.25, -0.2) is 4.79 Å². The van der Waals surface area contributed by atoms with Gasteiger partial charge in [0.15, 0.2) is 0 Å². The van der Waals surface area contributed by atoms with Crippen LogP contribution in [0.2, 0.25) is 0 Å². The van der Waals surface area contributed by atoms with Gasteiger partial charge in [-0.3, -0.25) is 14.5 Å². The molecule has 19 heavy (non-hydrogen) atoms. The summed E-state index contributed by atoms with van der Waals surface area (Å²) < 4.78 is 6.49. The van der Waals surface area contributed by atoms with Crippen LogP contribution in [0, 0.1) is 5.92 Å². The molecule has 0 aliphatic rings. The summed E-state index contributed by atoms with van der Waals surface area (Å²) in [4.78, 5) is 28.0. The van der Waals surface area contributed by atoms with Gasteiger partial charge in [-0.1, -0.05) is 13.8 Å². The minimum Gasteiger partial charge on any atom is -0.461 e. The van der Waals surface area contributed by atoms with E-state index in [-0.39, 0.29) is 23.7 Å². The second kappa shape index (κ2) is 5.17. The Morgan fingerprint density at radius 2 is 2.21 bits per heavy atom. The Balaban J connectivity index is 2.47. The molecule has 0 aromatic carbocycles. The van der Waals surface area contributed by atoms with Gasteiger partial charge in [-0.15, -0.1) is 0 Å². The van der Waals surface area contributed by atoms with Crippen molar-refractivity contribution < 1.29 is 9.53 Å². The number of pyridine rings is 1. The molecule has 0 aliphatic carbocycles. The normalized spacial score (nSPS) is 10.9. The van der Waals surface area contributed by atoms with Crippen LogP contribution in [0.4, 0.5) is 0 Å². The lowest BCUT2D eigenvalue weighted by molar-refractivity contribution is 0.0448. The van der Waals surface area contributed by atoms with E-state index in [9.17, 15) is 9.59 Å². The van der Waals surface area contributed by atoms with Crippen LogP contribution in [0.25, 0.3) is 11.0 Å². The molecule has 2 aromatic heterocycles. The Bertz CT molecular complexity index is 676. The Morgan fingerprint density at radius 3 is 2.89 bits per heavy atom. The van der Waals surface area contributed by atoms with Crippen molar-refractivity contribution >= 4 is 17.0 Å². The highest BCUT2D eigenvalue weighted by Gasteiger charge is 2.18. The molecule has 0 fully saturated rings. The maximum Gasteiger partial charge on any atom is 0.363 e. The molecule has 0 saturated heterocycles. The third-order valence-corrected chi connectivity index (χ3v) is 2.56. The van der Waals surface area contributed by atoms with Crippen molar-refractivity contribution in [2.75, 3.05) is 6.61 Å². The van der Waals surface area contributed by atoms with Crippen LogP contribution in [0.15, 0.2) is 23.1 Å². The highest BCUT2D eigenvalue weighted by molar-refractivity contribution is 5.90. The minimum atomic E-state index is -0.707. The monoisotopic (exact) mass is 261 g/mol. The lowest BCUT2D eigenvalue weighted by atomic mass is 10.2. The molecule has 0 spiro atoms. The Morgan fingerprint density at radius 1 is 1.47 bits per heavy atom. The summed E-state index contributed by atoms with van der Waals surface area (Å²) in [5.74, 6) is -0.506. The van der Waals surface area contributed by atoms with Gasteiger partial charge < -0.3 is 4.74 Å². The summed E-state index contributed by atoms with van der Waals surface area (Å²) in [6.45, 7) is 4.09. The van der Waals surface area contributed by atoms with Crippen LogP contribution in [0.5, 0.6) is 0 Å². The van der Waals surface area contributed by atoms with E-state index in [0.29, 0.717) is 5.52 Å². The van der Waals surface area contributed by atoms with Crippen LogP contribution in [0.1, 0.15) is 24.3 Å². The van der Waals surface area contributed by atoms with E-state index in [0.717, 1.165) is 0 Å². The second-order valence-corrected chi connectivity index (χ2v) is 4.66. The first-order chi connectivity index (χ1) is 9.00. The first kappa shape index (κ1) is 13.2. The molecule has 0 bridgehead atoms. The zero-order valence-electron chi connectivity index (χ0n) is 11.1. The highest BCUT2D eigenvalue weighted by Crippen LogP contribution is 2.06. The first-order valence-corrected chi connectivity index (χ1v) is 6.00.